The predicted octanol–water partition coefficient (Wildman–Crippen LogP) is 2.35. The number of anilines is 1. The van der Waals surface area contributed by atoms with Gasteiger partial charge in [0.25, 0.3) is 0 Å². The zero-order valence-electron chi connectivity index (χ0n) is 17.5. The summed E-state index contributed by atoms with van der Waals surface area (Å²) in [6.45, 7) is 2.89. The quantitative estimate of drug-likeness (QED) is 0.772. The molecular weight excluding hydrogens is 382 g/mol. The van der Waals surface area contributed by atoms with E-state index in [4.69, 9.17) is 9.47 Å². The summed E-state index contributed by atoms with van der Waals surface area (Å²) in [6, 6.07) is 2.08. The van der Waals surface area contributed by atoms with E-state index in [0.29, 0.717) is 13.1 Å². The second kappa shape index (κ2) is 7.75. The fourth-order valence-electron chi connectivity index (χ4n) is 4.41. The van der Waals surface area contributed by atoms with Crippen LogP contribution in [0.5, 0.6) is 0 Å². The van der Waals surface area contributed by atoms with Crippen molar-refractivity contribution in [2.75, 3.05) is 38.2 Å². The SMILES string of the molecule is COC1CC(OC(=O)N2CCN(c3ccnc4c3C=C(c3cnn(C)c3)C4)CC2)C1. The van der Waals surface area contributed by atoms with E-state index in [1.54, 1.807) is 7.11 Å². The number of nitrogens with zero attached hydrogens (tertiary/aromatic N) is 5. The second-order valence-corrected chi connectivity index (χ2v) is 8.25. The van der Waals surface area contributed by atoms with Crippen LogP contribution in [0.4, 0.5) is 10.5 Å². The topological polar surface area (TPSA) is 72.7 Å². The van der Waals surface area contributed by atoms with E-state index in [0.717, 1.165) is 43.6 Å². The monoisotopic (exact) mass is 409 g/mol. The molecule has 0 radical (unpaired) electrons. The van der Waals surface area contributed by atoms with Gasteiger partial charge < -0.3 is 19.3 Å². The number of piperazine rings is 1. The van der Waals surface area contributed by atoms with Gasteiger partial charge in [0.15, 0.2) is 0 Å². The minimum Gasteiger partial charge on any atom is -0.446 e. The summed E-state index contributed by atoms with van der Waals surface area (Å²) in [4.78, 5) is 21.2. The van der Waals surface area contributed by atoms with Crippen LogP contribution in [0.15, 0.2) is 24.7 Å². The van der Waals surface area contributed by atoms with Crippen LogP contribution in [0.1, 0.15) is 29.7 Å². The Labute approximate surface area is 176 Å². The third kappa shape index (κ3) is 3.56. The van der Waals surface area contributed by atoms with E-state index in [1.807, 2.05) is 35.2 Å². The number of carbonyl (C=O) groups is 1. The molecule has 3 aliphatic rings. The Kier molecular flexibility index (Phi) is 4.94. The van der Waals surface area contributed by atoms with Crippen molar-refractivity contribution in [3.63, 3.8) is 0 Å². The molecule has 8 heteroatoms. The first-order chi connectivity index (χ1) is 14.6. The molecule has 0 atom stereocenters. The zero-order valence-corrected chi connectivity index (χ0v) is 17.5. The molecule has 0 spiro atoms. The molecule has 0 aromatic carbocycles. The van der Waals surface area contributed by atoms with Gasteiger partial charge in [0.1, 0.15) is 6.10 Å². The standard InChI is InChI=1S/C22H27N5O3/c1-25-14-16(13-24-25)15-9-19-20(10-15)23-4-3-21(19)26-5-7-27(8-6-26)22(28)30-18-11-17(12-18)29-2/h3-4,9,13-14,17-18H,5-8,10-12H2,1-2H3. The van der Waals surface area contributed by atoms with E-state index in [9.17, 15) is 4.79 Å². The highest BCUT2D eigenvalue weighted by molar-refractivity contribution is 5.91. The van der Waals surface area contributed by atoms with E-state index < -0.39 is 0 Å². The smallest absolute Gasteiger partial charge is 0.410 e. The normalized spacial score (nSPS) is 23.1. The van der Waals surface area contributed by atoms with Crippen LogP contribution in [0.25, 0.3) is 11.6 Å². The number of rotatable bonds is 4. The lowest BCUT2D eigenvalue weighted by Crippen LogP contribution is -2.50. The maximum absolute atomic E-state index is 12.4. The number of hydrogen-bond acceptors (Lipinski definition) is 6. The van der Waals surface area contributed by atoms with Gasteiger partial charge in [0.05, 0.1) is 18.0 Å². The van der Waals surface area contributed by atoms with Gasteiger partial charge in [-0.3, -0.25) is 9.67 Å². The first-order valence-corrected chi connectivity index (χ1v) is 10.5. The highest BCUT2D eigenvalue weighted by Crippen LogP contribution is 2.36. The Balaban J connectivity index is 1.23. The molecule has 30 heavy (non-hydrogen) atoms. The average molecular weight is 409 g/mol. The molecule has 2 aliphatic carbocycles. The Morgan fingerprint density at radius 2 is 1.97 bits per heavy atom. The first kappa shape index (κ1) is 19.1. The van der Waals surface area contributed by atoms with Crippen molar-refractivity contribution in [3.05, 3.63) is 41.5 Å². The maximum Gasteiger partial charge on any atom is 0.410 e. The van der Waals surface area contributed by atoms with Crippen molar-refractivity contribution < 1.29 is 14.3 Å². The Morgan fingerprint density at radius 3 is 2.67 bits per heavy atom. The van der Waals surface area contributed by atoms with Gasteiger partial charge >= 0.3 is 6.09 Å². The van der Waals surface area contributed by atoms with Crippen molar-refractivity contribution in [1.82, 2.24) is 19.7 Å². The lowest BCUT2D eigenvalue weighted by atomic mass is 9.92. The molecule has 2 aromatic heterocycles. The molecule has 0 N–H and O–H groups in total. The maximum atomic E-state index is 12.4. The lowest BCUT2D eigenvalue weighted by Gasteiger charge is -2.39. The van der Waals surface area contributed by atoms with Gasteiger partial charge in [-0.1, -0.05) is 0 Å². The summed E-state index contributed by atoms with van der Waals surface area (Å²) in [5.74, 6) is 0. The third-order valence-electron chi connectivity index (χ3n) is 6.33. The van der Waals surface area contributed by atoms with Gasteiger partial charge in [0.2, 0.25) is 0 Å². The van der Waals surface area contributed by atoms with Crippen LogP contribution in [-0.2, 0) is 22.9 Å². The molecular formula is C22H27N5O3. The second-order valence-electron chi connectivity index (χ2n) is 8.25. The van der Waals surface area contributed by atoms with Crippen LogP contribution in [0, 0.1) is 0 Å². The summed E-state index contributed by atoms with van der Waals surface area (Å²) >= 11 is 0. The molecule has 1 amide bonds. The number of pyridine rings is 1. The highest BCUT2D eigenvalue weighted by atomic mass is 16.6. The predicted molar refractivity (Wildman–Crippen MR) is 113 cm³/mol. The number of amides is 1. The molecule has 1 aliphatic heterocycles. The van der Waals surface area contributed by atoms with Gasteiger partial charge in [-0.2, -0.15) is 5.10 Å². The first-order valence-electron chi connectivity index (χ1n) is 10.5. The van der Waals surface area contributed by atoms with E-state index in [1.165, 1.54) is 16.8 Å². The van der Waals surface area contributed by atoms with E-state index in [-0.39, 0.29) is 18.3 Å². The zero-order chi connectivity index (χ0) is 20.7. The van der Waals surface area contributed by atoms with Gasteiger partial charge in [0, 0.05) is 88.8 Å². The van der Waals surface area contributed by atoms with Crippen LogP contribution >= 0.6 is 0 Å². The molecule has 1 saturated heterocycles. The van der Waals surface area contributed by atoms with Crippen molar-refractivity contribution in [2.24, 2.45) is 7.05 Å². The summed E-state index contributed by atoms with van der Waals surface area (Å²) < 4.78 is 12.7. The fourth-order valence-corrected chi connectivity index (χ4v) is 4.41. The van der Waals surface area contributed by atoms with Crippen molar-refractivity contribution in [3.8, 4) is 0 Å². The minimum atomic E-state index is -0.201. The van der Waals surface area contributed by atoms with Crippen LogP contribution in [-0.4, -0.2) is 71.3 Å². The molecule has 2 fully saturated rings. The molecule has 1 saturated carbocycles. The van der Waals surface area contributed by atoms with Gasteiger partial charge in [-0.25, -0.2) is 4.79 Å². The summed E-state index contributed by atoms with van der Waals surface area (Å²) in [7, 11) is 3.63. The Morgan fingerprint density at radius 1 is 1.17 bits per heavy atom. The molecule has 5 rings (SSSR count). The number of carbonyl (C=O) groups excluding carboxylic acids is 1. The fraction of sp³-hybridized carbons (Fsp3) is 0.500. The highest BCUT2D eigenvalue weighted by Gasteiger charge is 2.34. The van der Waals surface area contributed by atoms with E-state index in [2.05, 4.69) is 27.1 Å². The average Bonchev–Trinajstić information content (AvgIpc) is 3.36. The number of hydrogen-bond donors (Lipinski definition) is 0. The lowest BCUT2D eigenvalue weighted by molar-refractivity contribution is -0.0639. The molecule has 158 valence electrons. The number of aryl methyl sites for hydroxylation is 1. The summed E-state index contributed by atoms with van der Waals surface area (Å²) in [6.07, 6.45) is 10.5. The number of fused-ring (bicyclic) bond motifs is 1. The summed E-state index contributed by atoms with van der Waals surface area (Å²) in [5, 5.41) is 4.29. The number of methoxy groups -OCH3 is 1. The third-order valence-corrected chi connectivity index (χ3v) is 6.33. The van der Waals surface area contributed by atoms with Crippen molar-refractivity contribution in [1.29, 1.82) is 0 Å². The van der Waals surface area contributed by atoms with Crippen molar-refractivity contribution >= 4 is 23.4 Å². The Bertz CT molecular complexity index is 971. The molecule has 8 nitrogen and oxygen atoms in total. The molecule has 0 unspecified atom stereocenters. The number of ether oxygens (including phenoxy) is 2. The summed E-state index contributed by atoms with van der Waals surface area (Å²) in [5.41, 5.74) is 5.86. The van der Waals surface area contributed by atoms with Gasteiger partial charge in [-0.05, 0) is 17.7 Å². The Hall–Kier alpha value is -2.87. The minimum absolute atomic E-state index is 0.0000175. The number of allylic oxidation sites excluding steroid dienone is 1. The molecule has 2 aromatic rings. The van der Waals surface area contributed by atoms with Crippen LogP contribution < -0.4 is 4.90 Å². The van der Waals surface area contributed by atoms with Crippen LogP contribution in [0.2, 0.25) is 0 Å². The van der Waals surface area contributed by atoms with Crippen LogP contribution in [0.3, 0.4) is 0 Å². The largest absolute Gasteiger partial charge is 0.446 e. The molecule has 3 heterocycles. The van der Waals surface area contributed by atoms with Gasteiger partial charge in [-0.15, -0.1) is 0 Å². The molecule has 0 bridgehead atoms. The van der Waals surface area contributed by atoms with Crippen molar-refractivity contribution in [2.45, 2.75) is 31.5 Å². The van der Waals surface area contributed by atoms with E-state index >= 15 is 0 Å². The number of aromatic nitrogens is 3.